The van der Waals surface area contributed by atoms with Crippen LogP contribution in [0.5, 0.6) is 0 Å². The predicted molar refractivity (Wildman–Crippen MR) is 63.6 cm³/mol. The average Bonchev–Trinajstić information content (AvgIpc) is 2.22. The van der Waals surface area contributed by atoms with Gasteiger partial charge in [-0.15, -0.1) is 0 Å². The Balaban J connectivity index is 4.31. The van der Waals surface area contributed by atoms with E-state index in [-0.39, 0.29) is 18.8 Å². The highest BCUT2D eigenvalue weighted by atomic mass is 16.5. The molecular formula is C12H26O4. The van der Waals surface area contributed by atoms with Gasteiger partial charge in [0.25, 0.3) is 0 Å². The fraction of sp³-hybridized carbons (Fsp3) is 1.00. The van der Waals surface area contributed by atoms with Crippen molar-refractivity contribution in [3.05, 3.63) is 0 Å². The van der Waals surface area contributed by atoms with Crippen LogP contribution in [0.1, 0.15) is 27.7 Å². The van der Waals surface area contributed by atoms with Gasteiger partial charge in [0.2, 0.25) is 0 Å². The van der Waals surface area contributed by atoms with Crippen molar-refractivity contribution in [2.24, 2.45) is 5.41 Å². The molecule has 0 rings (SSSR count). The highest BCUT2D eigenvalue weighted by molar-refractivity contribution is 4.78. The van der Waals surface area contributed by atoms with Crippen LogP contribution in [0.4, 0.5) is 0 Å². The van der Waals surface area contributed by atoms with Crippen LogP contribution in [0, 0.1) is 5.41 Å². The van der Waals surface area contributed by atoms with Crippen molar-refractivity contribution in [3.8, 4) is 0 Å². The number of hydrogen-bond donors (Lipinski definition) is 1. The molecule has 0 aromatic rings. The summed E-state index contributed by atoms with van der Waals surface area (Å²) < 4.78 is 16.3. The van der Waals surface area contributed by atoms with Gasteiger partial charge >= 0.3 is 0 Å². The van der Waals surface area contributed by atoms with E-state index in [9.17, 15) is 5.11 Å². The van der Waals surface area contributed by atoms with Crippen LogP contribution in [0.2, 0.25) is 0 Å². The van der Waals surface area contributed by atoms with Gasteiger partial charge in [-0.05, 0) is 27.7 Å². The van der Waals surface area contributed by atoms with Crippen LogP contribution in [0.3, 0.4) is 0 Å². The van der Waals surface area contributed by atoms with E-state index in [2.05, 4.69) is 0 Å². The largest absolute Gasteiger partial charge is 0.396 e. The van der Waals surface area contributed by atoms with Gasteiger partial charge in [-0.3, -0.25) is 0 Å². The van der Waals surface area contributed by atoms with Crippen LogP contribution in [0.25, 0.3) is 0 Å². The zero-order valence-corrected chi connectivity index (χ0v) is 11.2. The normalized spacial score (nSPS) is 12.8. The molecule has 0 aromatic carbocycles. The van der Waals surface area contributed by atoms with Crippen LogP contribution in [-0.4, -0.2) is 50.9 Å². The highest BCUT2D eigenvalue weighted by Crippen LogP contribution is 2.20. The Morgan fingerprint density at radius 2 is 1.38 bits per heavy atom. The number of methoxy groups -OCH3 is 1. The van der Waals surface area contributed by atoms with Crippen molar-refractivity contribution in [1.29, 1.82) is 0 Å². The number of rotatable bonds is 9. The summed E-state index contributed by atoms with van der Waals surface area (Å²) in [5.41, 5.74) is -0.455. The Labute approximate surface area is 98.9 Å². The first-order valence-electron chi connectivity index (χ1n) is 5.79. The van der Waals surface area contributed by atoms with Crippen LogP contribution in [0.15, 0.2) is 0 Å². The first kappa shape index (κ1) is 15.8. The summed E-state index contributed by atoms with van der Waals surface area (Å²) in [5, 5.41) is 9.49. The summed E-state index contributed by atoms with van der Waals surface area (Å²) in [6, 6.07) is 0. The molecule has 0 aliphatic rings. The van der Waals surface area contributed by atoms with E-state index in [1.165, 1.54) is 0 Å². The van der Waals surface area contributed by atoms with Crippen LogP contribution < -0.4 is 0 Å². The maximum atomic E-state index is 9.49. The minimum absolute atomic E-state index is 0.000278. The zero-order chi connectivity index (χ0) is 12.6. The summed E-state index contributed by atoms with van der Waals surface area (Å²) in [4.78, 5) is 0. The SMILES string of the molecule is COCC(CO)(COC(C)C)COC(C)C. The van der Waals surface area contributed by atoms with Crippen molar-refractivity contribution in [2.45, 2.75) is 39.9 Å². The molecular weight excluding hydrogens is 208 g/mol. The molecule has 4 nitrogen and oxygen atoms in total. The lowest BCUT2D eigenvalue weighted by Gasteiger charge is -2.32. The summed E-state index contributed by atoms with van der Waals surface area (Å²) >= 11 is 0. The molecule has 0 radical (unpaired) electrons. The van der Waals surface area contributed by atoms with E-state index in [0.29, 0.717) is 19.8 Å². The quantitative estimate of drug-likeness (QED) is 0.656. The van der Waals surface area contributed by atoms with E-state index in [1.54, 1.807) is 7.11 Å². The standard InChI is InChI=1S/C12H26O4/c1-10(2)15-8-12(6-13,7-14-5)9-16-11(3)4/h10-11,13H,6-9H2,1-5H3. The molecule has 4 heteroatoms. The smallest absolute Gasteiger partial charge is 0.0635 e. The third-order valence-electron chi connectivity index (χ3n) is 2.23. The molecule has 98 valence electrons. The first-order valence-corrected chi connectivity index (χ1v) is 5.79. The topological polar surface area (TPSA) is 47.9 Å². The molecule has 0 fully saturated rings. The molecule has 0 spiro atoms. The molecule has 0 aliphatic heterocycles. The summed E-state index contributed by atoms with van der Waals surface area (Å²) in [7, 11) is 1.62. The Hall–Kier alpha value is -0.160. The monoisotopic (exact) mass is 234 g/mol. The van der Waals surface area contributed by atoms with Gasteiger partial charge < -0.3 is 19.3 Å². The fourth-order valence-electron chi connectivity index (χ4n) is 1.26. The van der Waals surface area contributed by atoms with Crippen molar-refractivity contribution in [1.82, 2.24) is 0 Å². The molecule has 0 aromatic heterocycles. The van der Waals surface area contributed by atoms with Crippen molar-refractivity contribution >= 4 is 0 Å². The van der Waals surface area contributed by atoms with E-state index < -0.39 is 5.41 Å². The van der Waals surface area contributed by atoms with Crippen molar-refractivity contribution in [2.75, 3.05) is 33.5 Å². The number of aliphatic hydroxyl groups excluding tert-OH is 1. The molecule has 0 amide bonds. The zero-order valence-electron chi connectivity index (χ0n) is 11.2. The van der Waals surface area contributed by atoms with Gasteiger partial charge in [0.05, 0.1) is 44.1 Å². The third-order valence-corrected chi connectivity index (χ3v) is 2.23. The lowest BCUT2D eigenvalue weighted by molar-refractivity contribution is -0.105. The molecule has 0 atom stereocenters. The highest BCUT2D eigenvalue weighted by Gasteiger charge is 2.31. The Morgan fingerprint density at radius 1 is 0.938 bits per heavy atom. The van der Waals surface area contributed by atoms with E-state index in [1.807, 2.05) is 27.7 Å². The fourth-order valence-corrected chi connectivity index (χ4v) is 1.26. The minimum atomic E-state index is -0.455. The number of hydrogen-bond acceptors (Lipinski definition) is 4. The number of ether oxygens (including phenoxy) is 3. The lowest BCUT2D eigenvalue weighted by Crippen LogP contribution is -2.41. The van der Waals surface area contributed by atoms with Crippen molar-refractivity contribution < 1.29 is 19.3 Å². The molecule has 0 bridgehead atoms. The predicted octanol–water partition coefficient (Wildman–Crippen LogP) is 1.46. The molecule has 0 aliphatic carbocycles. The second kappa shape index (κ2) is 8.01. The van der Waals surface area contributed by atoms with E-state index >= 15 is 0 Å². The van der Waals surface area contributed by atoms with Crippen LogP contribution >= 0.6 is 0 Å². The second-order valence-corrected chi connectivity index (χ2v) is 4.81. The second-order valence-electron chi connectivity index (χ2n) is 4.81. The molecule has 1 N–H and O–H groups in total. The summed E-state index contributed by atoms with van der Waals surface area (Å²) in [5.74, 6) is 0. The first-order chi connectivity index (χ1) is 7.45. The Morgan fingerprint density at radius 3 is 1.62 bits per heavy atom. The maximum absolute atomic E-state index is 9.49. The van der Waals surface area contributed by atoms with Gasteiger partial charge in [-0.25, -0.2) is 0 Å². The number of aliphatic hydroxyl groups is 1. The molecule has 0 heterocycles. The van der Waals surface area contributed by atoms with Gasteiger partial charge in [0, 0.05) is 7.11 Å². The van der Waals surface area contributed by atoms with E-state index in [0.717, 1.165) is 0 Å². The summed E-state index contributed by atoms with van der Waals surface area (Å²) in [6.07, 6.45) is 0.281. The van der Waals surface area contributed by atoms with Gasteiger partial charge in [0.15, 0.2) is 0 Å². The minimum Gasteiger partial charge on any atom is -0.396 e. The Kier molecular flexibility index (Phi) is 7.93. The summed E-state index contributed by atoms with van der Waals surface area (Å²) in [6.45, 7) is 9.21. The molecule has 0 unspecified atom stereocenters. The van der Waals surface area contributed by atoms with Crippen molar-refractivity contribution in [3.63, 3.8) is 0 Å². The molecule has 16 heavy (non-hydrogen) atoms. The third kappa shape index (κ3) is 6.43. The Bertz CT molecular complexity index is 156. The molecule has 0 saturated heterocycles. The average molecular weight is 234 g/mol. The lowest BCUT2D eigenvalue weighted by atomic mass is 9.92. The maximum Gasteiger partial charge on any atom is 0.0635 e. The van der Waals surface area contributed by atoms with Crippen LogP contribution in [-0.2, 0) is 14.2 Å². The van der Waals surface area contributed by atoms with Gasteiger partial charge in [-0.1, -0.05) is 0 Å². The molecule has 0 saturated carbocycles. The van der Waals surface area contributed by atoms with Gasteiger partial charge in [-0.2, -0.15) is 0 Å². The van der Waals surface area contributed by atoms with Gasteiger partial charge in [0.1, 0.15) is 0 Å². The van der Waals surface area contributed by atoms with E-state index in [4.69, 9.17) is 14.2 Å².